The van der Waals surface area contributed by atoms with Crippen molar-refractivity contribution in [1.29, 1.82) is 0 Å². The number of benzene rings is 1. The number of thiophene rings is 1. The Balaban J connectivity index is 2.18. The van der Waals surface area contributed by atoms with Gasteiger partial charge in [-0.15, -0.1) is 11.3 Å². The van der Waals surface area contributed by atoms with E-state index in [1.54, 1.807) is 18.2 Å². The molecule has 7 heteroatoms. The maximum atomic E-state index is 12.3. The second-order valence-electron chi connectivity index (χ2n) is 4.60. The van der Waals surface area contributed by atoms with Gasteiger partial charge in [-0.1, -0.05) is 19.1 Å². The Labute approximate surface area is 137 Å². The molecule has 2 rings (SSSR count). The average molecular weight is 389 g/mol. The quantitative estimate of drug-likeness (QED) is 0.796. The second kappa shape index (κ2) is 7.02. The molecule has 0 fully saturated rings. The molecule has 21 heavy (non-hydrogen) atoms. The van der Waals surface area contributed by atoms with Crippen LogP contribution in [0.4, 0.5) is 0 Å². The Morgan fingerprint density at radius 1 is 1.38 bits per heavy atom. The third-order valence-corrected chi connectivity index (χ3v) is 6.48. The van der Waals surface area contributed by atoms with Crippen LogP contribution in [0, 0.1) is 0 Å². The first-order chi connectivity index (χ1) is 9.94. The lowest BCUT2D eigenvalue weighted by atomic mass is 10.1. The van der Waals surface area contributed by atoms with Crippen LogP contribution in [-0.2, 0) is 16.6 Å². The van der Waals surface area contributed by atoms with E-state index >= 15 is 0 Å². The fourth-order valence-electron chi connectivity index (χ4n) is 1.84. The van der Waals surface area contributed by atoms with Gasteiger partial charge in [0.05, 0.1) is 4.90 Å². The third-order valence-electron chi connectivity index (χ3n) is 3.15. The predicted molar refractivity (Wildman–Crippen MR) is 89.7 cm³/mol. The largest absolute Gasteiger partial charge is 0.324 e. The van der Waals surface area contributed by atoms with Crippen LogP contribution < -0.4 is 10.5 Å². The molecule has 0 aliphatic heterocycles. The molecule has 0 saturated heterocycles. The molecule has 0 aliphatic carbocycles. The normalized spacial score (nSPS) is 13.3. The van der Waals surface area contributed by atoms with Gasteiger partial charge in [0, 0.05) is 21.9 Å². The molecule has 1 aromatic carbocycles. The zero-order valence-electron chi connectivity index (χ0n) is 11.5. The lowest BCUT2D eigenvalue weighted by molar-refractivity contribution is 0.581. The molecule has 114 valence electrons. The minimum absolute atomic E-state index is 0.147. The number of hydrogen-bond acceptors (Lipinski definition) is 4. The van der Waals surface area contributed by atoms with Crippen molar-refractivity contribution in [3.63, 3.8) is 0 Å². The Morgan fingerprint density at radius 2 is 2.14 bits per heavy atom. The first-order valence-electron chi connectivity index (χ1n) is 6.51. The summed E-state index contributed by atoms with van der Waals surface area (Å²) in [6.45, 7) is 2.24. The SMILES string of the molecule is CCC(N)c1cccc(S(=O)(=O)NCc2sccc2Br)c1. The van der Waals surface area contributed by atoms with Gasteiger partial charge in [-0.05, 0) is 51.5 Å². The summed E-state index contributed by atoms with van der Waals surface area (Å²) in [5.74, 6) is 0. The molecular weight excluding hydrogens is 372 g/mol. The van der Waals surface area contributed by atoms with Gasteiger partial charge in [0.25, 0.3) is 0 Å². The van der Waals surface area contributed by atoms with E-state index in [1.807, 2.05) is 24.4 Å². The summed E-state index contributed by atoms with van der Waals surface area (Å²) < 4.78 is 28.2. The van der Waals surface area contributed by atoms with Gasteiger partial charge in [-0.3, -0.25) is 0 Å². The van der Waals surface area contributed by atoms with Crippen molar-refractivity contribution < 1.29 is 8.42 Å². The van der Waals surface area contributed by atoms with E-state index < -0.39 is 10.0 Å². The highest BCUT2D eigenvalue weighted by Gasteiger charge is 2.16. The van der Waals surface area contributed by atoms with Crippen LogP contribution in [0.1, 0.15) is 29.8 Å². The van der Waals surface area contributed by atoms with Gasteiger partial charge in [0.15, 0.2) is 0 Å². The molecule has 1 aromatic heterocycles. The Kier molecular flexibility index (Phi) is 5.56. The van der Waals surface area contributed by atoms with Crippen LogP contribution >= 0.6 is 27.3 Å². The predicted octanol–water partition coefficient (Wildman–Crippen LogP) is 3.40. The number of nitrogens with two attached hydrogens (primary N) is 1. The maximum Gasteiger partial charge on any atom is 0.240 e. The standard InChI is InChI=1S/C14H17BrN2O2S2/c1-2-13(16)10-4-3-5-11(8-10)21(18,19)17-9-14-12(15)6-7-20-14/h3-8,13,17H,2,9,16H2,1H3. The molecule has 4 nitrogen and oxygen atoms in total. The lowest BCUT2D eigenvalue weighted by Gasteiger charge is -2.11. The lowest BCUT2D eigenvalue weighted by Crippen LogP contribution is -2.23. The topological polar surface area (TPSA) is 72.2 Å². The Hall–Kier alpha value is -0.730. The van der Waals surface area contributed by atoms with E-state index in [9.17, 15) is 8.42 Å². The van der Waals surface area contributed by atoms with Crippen molar-refractivity contribution in [3.8, 4) is 0 Å². The number of rotatable bonds is 6. The molecule has 0 radical (unpaired) electrons. The van der Waals surface area contributed by atoms with Crippen molar-refractivity contribution in [2.75, 3.05) is 0 Å². The van der Waals surface area contributed by atoms with Crippen LogP contribution in [0.2, 0.25) is 0 Å². The molecule has 0 spiro atoms. The smallest absolute Gasteiger partial charge is 0.240 e. The summed E-state index contributed by atoms with van der Waals surface area (Å²) in [6.07, 6.45) is 0.763. The van der Waals surface area contributed by atoms with E-state index in [4.69, 9.17) is 5.73 Å². The number of sulfonamides is 1. The number of halogens is 1. The fraction of sp³-hybridized carbons (Fsp3) is 0.286. The minimum atomic E-state index is -3.54. The van der Waals surface area contributed by atoms with E-state index in [0.29, 0.717) is 0 Å². The van der Waals surface area contributed by atoms with Gasteiger partial charge < -0.3 is 5.73 Å². The molecule has 0 saturated carbocycles. The molecule has 1 heterocycles. The Morgan fingerprint density at radius 3 is 2.76 bits per heavy atom. The summed E-state index contributed by atoms with van der Waals surface area (Å²) in [6, 6.07) is 8.54. The van der Waals surface area contributed by atoms with E-state index in [-0.39, 0.29) is 17.5 Å². The molecule has 1 unspecified atom stereocenters. The molecule has 0 amide bonds. The van der Waals surface area contributed by atoms with Crippen LogP contribution in [0.3, 0.4) is 0 Å². The van der Waals surface area contributed by atoms with E-state index in [0.717, 1.165) is 21.3 Å². The monoisotopic (exact) mass is 388 g/mol. The van der Waals surface area contributed by atoms with Crippen molar-refractivity contribution in [1.82, 2.24) is 4.72 Å². The summed E-state index contributed by atoms with van der Waals surface area (Å²) in [5, 5.41) is 1.91. The van der Waals surface area contributed by atoms with E-state index in [1.165, 1.54) is 11.3 Å². The highest BCUT2D eigenvalue weighted by Crippen LogP contribution is 2.23. The van der Waals surface area contributed by atoms with Crippen molar-refractivity contribution >= 4 is 37.3 Å². The average Bonchev–Trinajstić information content (AvgIpc) is 2.90. The third kappa shape index (κ3) is 4.14. The summed E-state index contributed by atoms with van der Waals surface area (Å²) in [5.41, 5.74) is 6.79. The summed E-state index contributed by atoms with van der Waals surface area (Å²) >= 11 is 4.89. The fourth-order valence-corrected chi connectivity index (χ4v) is 4.42. The van der Waals surface area contributed by atoms with Crippen LogP contribution in [-0.4, -0.2) is 8.42 Å². The van der Waals surface area contributed by atoms with E-state index in [2.05, 4.69) is 20.7 Å². The van der Waals surface area contributed by atoms with Crippen LogP contribution in [0.25, 0.3) is 0 Å². The first kappa shape index (κ1) is 16.6. The maximum absolute atomic E-state index is 12.3. The zero-order chi connectivity index (χ0) is 15.5. The summed E-state index contributed by atoms with van der Waals surface area (Å²) in [7, 11) is -3.54. The first-order valence-corrected chi connectivity index (χ1v) is 9.66. The molecule has 0 aliphatic rings. The van der Waals surface area contributed by atoms with Crippen LogP contribution in [0.15, 0.2) is 45.1 Å². The summed E-state index contributed by atoms with van der Waals surface area (Å²) in [4.78, 5) is 1.19. The number of hydrogen-bond donors (Lipinski definition) is 2. The molecular formula is C14H17BrN2O2S2. The second-order valence-corrected chi connectivity index (χ2v) is 8.23. The van der Waals surface area contributed by atoms with Gasteiger partial charge in [-0.2, -0.15) is 0 Å². The van der Waals surface area contributed by atoms with Crippen molar-refractivity contribution in [3.05, 3.63) is 50.6 Å². The molecule has 3 N–H and O–H groups in total. The Bertz CT molecular complexity index is 713. The van der Waals surface area contributed by atoms with Gasteiger partial charge in [0.1, 0.15) is 0 Å². The van der Waals surface area contributed by atoms with Crippen molar-refractivity contribution in [2.45, 2.75) is 30.8 Å². The van der Waals surface area contributed by atoms with Gasteiger partial charge in [0.2, 0.25) is 10.0 Å². The highest BCUT2D eigenvalue weighted by molar-refractivity contribution is 9.10. The van der Waals surface area contributed by atoms with Gasteiger partial charge >= 0.3 is 0 Å². The minimum Gasteiger partial charge on any atom is -0.324 e. The molecule has 0 bridgehead atoms. The molecule has 2 aromatic rings. The van der Waals surface area contributed by atoms with Crippen molar-refractivity contribution in [2.24, 2.45) is 5.73 Å². The van der Waals surface area contributed by atoms with Crippen LogP contribution in [0.5, 0.6) is 0 Å². The number of nitrogens with one attached hydrogen (secondary N) is 1. The highest BCUT2D eigenvalue weighted by atomic mass is 79.9. The van der Waals surface area contributed by atoms with Gasteiger partial charge in [-0.25, -0.2) is 13.1 Å². The zero-order valence-corrected chi connectivity index (χ0v) is 14.8. The molecule has 1 atom stereocenters.